The lowest BCUT2D eigenvalue weighted by Crippen LogP contribution is -2.19. The summed E-state index contributed by atoms with van der Waals surface area (Å²) in [6.07, 6.45) is 22.0. The van der Waals surface area contributed by atoms with Crippen molar-refractivity contribution >= 4 is 0 Å². The predicted molar refractivity (Wildman–Crippen MR) is 137 cm³/mol. The van der Waals surface area contributed by atoms with Crippen LogP contribution in [0.1, 0.15) is 120 Å². The summed E-state index contributed by atoms with van der Waals surface area (Å²) in [5, 5.41) is 0. The Hall–Kier alpha value is -1.30. The van der Waals surface area contributed by atoms with Crippen molar-refractivity contribution < 1.29 is 0 Å². The topological polar surface area (TPSA) is 0 Å². The molecule has 0 spiro atoms. The molecule has 0 N–H and O–H groups in total. The predicted octanol–water partition coefficient (Wildman–Crippen LogP) is 9.95. The van der Waals surface area contributed by atoms with Gasteiger partial charge in [0.1, 0.15) is 0 Å². The first-order valence-electron chi connectivity index (χ1n) is 13.6. The van der Waals surface area contributed by atoms with Crippen molar-refractivity contribution in [2.24, 2.45) is 17.8 Å². The Labute approximate surface area is 193 Å². The van der Waals surface area contributed by atoms with Crippen LogP contribution in [-0.4, -0.2) is 0 Å². The standard InChI is InChI=1S/C31H48/c1-26-17-11-7-6-10-14-20-30(23-26)31-22-16-15-21-29(24-27(2)25-31)28-18-12-8-4-3-5-9-13-19-28/h6-7,10-11,14,17,20,23,27-29,31H,3-5,8-9,12-13,15-16,18-19,21-22,24-25H2,1-2H3. The number of aryl methyl sites for hydroxylation is 1. The maximum atomic E-state index is 2.56. The van der Waals surface area contributed by atoms with Crippen LogP contribution in [0.4, 0.5) is 0 Å². The fourth-order valence-corrected chi connectivity index (χ4v) is 6.35. The molecular weight excluding hydrogens is 372 g/mol. The molecule has 1 aromatic carbocycles. The van der Waals surface area contributed by atoms with Crippen LogP contribution in [-0.2, 0) is 0 Å². The zero-order chi connectivity index (χ0) is 21.7. The quantitative estimate of drug-likeness (QED) is 0.446. The summed E-state index contributed by atoms with van der Waals surface area (Å²) < 4.78 is 0. The summed E-state index contributed by atoms with van der Waals surface area (Å²) in [6, 6.07) is 17.9. The minimum absolute atomic E-state index is 0.717. The van der Waals surface area contributed by atoms with Gasteiger partial charge >= 0.3 is 0 Å². The summed E-state index contributed by atoms with van der Waals surface area (Å²) in [5.74, 6) is 3.55. The van der Waals surface area contributed by atoms with E-state index in [9.17, 15) is 0 Å². The third-order valence-electron chi connectivity index (χ3n) is 8.04. The molecular formula is C31H48. The third kappa shape index (κ3) is 8.99. The molecule has 0 radical (unpaired) electrons. The van der Waals surface area contributed by atoms with Gasteiger partial charge < -0.3 is 0 Å². The van der Waals surface area contributed by atoms with E-state index in [2.05, 4.69) is 62.4 Å². The largest absolute Gasteiger partial charge is 0.0625 e. The first kappa shape index (κ1) is 24.3. The highest BCUT2D eigenvalue weighted by molar-refractivity contribution is 5.22. The molecule has 31 heavy (non-hydrogen) atoms. The first-order chi connectivity index (χ1) is 15.2. The van der Waals surface area contributed by atoms with Crippen LogP contribution >= 0.6 is 0 Å². The Morgan fingerprint density at radius 2 is 1.13 bits per heavy atom. The van der Waals surface area contributed by atoms with E-state index in [1.54, 1.807) is 5.56 Å². The zero-order valence-electron chi connectivity index (χ0n) is 20.5. The van der Waals surface area contributed by atoms with E-state index in [4.69, 9.17) is 0 Å². The van der Waals surface area contributed by atoms with Crippen LogP contribution in [0, 0.1) is 24.7 Å². The highest BCUT2D eigenvalue weighted by Crippen LogP contribution is 2.40. The van der Waals surface area contributed by atoms with E-state index in [0.29, 0.717) is 5.92 Å². The minimum Gasteiger partial charge on any atom is -0.0625 e. The molecule has 0 nitrogen and oxygen atoms in total. The Bertz CT molecular complexity index is 663. The normalized spacial score (nSPS) is 27.2. The number of hydrogen-bond acceptors (Lipinski definition) is 0. The molecule has 0 saturated heterocycles. The van der Waals surface area contributed by atoms with Gasteiger partial charge in [-0.2, -0.15) is 0 Å². The molecule has 0 amide bonds. The van der Waals surface area contributed by atoms with E-state index in [1.807, 2.05) is 0 Å². The third-order valence-corrected chi connectivity index (χ3v) is 8.04. The fraction of sp³-hybridized carbons (Fsp3) is 0.677. The second kappa shape index (κ2) is 14.0. The average Bonchev–Trinajstić information content (AvgIpc) is 2.86. The number of rotatable bonds is 2. The summed E-state index contributed by atoms with van der Waals surface area (Å²) in [7, 11) is 0. The molecule has 0 bridgehead atoms. The molecule has 2 saturated carbocycles. The highest BCUT2D eigenvalue weighted by atomic mass is 14.3. The molecule has 2 aliphatic carbocycles. The van der Waals surface area contributed by atoms with Crippen LogP contribution in [0.3, 0.4) is 0 Å². The summed E-state index contributed by atoms with van der Waals surface area (Å²) in [5.41, 5.74) is 2.93. The van der Waals surface area contributed by atoms with Crippen LogP contribution in [0.15, 0.2) is 48.5 Å². The van der Waals surface area contributed by atoms with Gasteiger partial charge in [0.05, 0.1) is 0 Å². The molecule has 172 valence electrons. The minimum atomic E-state index is 0.717. The molecule has 3 unspecified atom stereocenters. The van der Waals surface area contributed by atoms with Crippen molar-refractivity contribution in [2.45, 2.75) is 116 Å². The van der Waals surface area contributed by atoms with E-state index < -0.39 is 0 Å². The monoisotopic (exact) mass is 420 g/mol. The lowest BCUT2D eigenvalue weighted by atomic mass is 9.75. The van der Waals surface area contributed by atoms with Gasteiger partial charge in [-0.1, -0.05) is 138 Å². The Morgan fingerprint density at radius 1 is 0.581 bits per heavy atom. The molecule has 2 aliphatic rings. The van der Waals surface area contributed by atoms with Crippen molar-refractivity contribution in [3.63, 3.8) is 0 Å². The zero-order valence-corrected chi connectivity index (χ0v) is 20.5. The molecule has 1 aromatic rings. The molecule has 0 heterocycles. The summed E-state index contributed by atoms with van der Waals surface area (Å²) >= 11 is 0. The Balaban J connectivity index is 1.70. The van der Waals surface area contributed by atoms with Crippen LogP contribution in [0.2, 0.25) is 0 Å². The van der Waals surface area contributed by atoms with Crippen molar-refractivity contribution in [1.82, 2.24) is 0 Å². The van der Waals surface area contributed by atoms with Crippen molar-refractivity contribution in [2.75, 3.05) is 0 Å². The van der Waals surface area contributed by atoms with Crippen molar-refractivity contribution in [3.05, 3.63) is 59.7 Å². The first-order valence-corrected chi connectivity index (χ1v) is 13.6. The van der Waals surface area contributed by atoms with E-state index in [1.165, 1.54) is 102 Å². The second-order valence-electron chi connectivity index (χ2n) is 10.8. The maximum absolute atomic E-state index is 2.56. The molecule has 2 fully saturated rings. The van der Waals surface area contributed by atoms with Crippen LogP contribution < -0.4 is 0 Å². The molecule has 0 aliphatic heterocycles. The van der Waals surface area contributed by atoms with Gasteiger partial charge in [-0.05, 0) is 55.4 Å². The molecule has 0 aromatic heterocycles. The highest BCUT2D eigenvalue weighted by Gasteiger charge is 2.26. The Kier molecular flexibility index (Phi) is 11.0. The SMILES string of the molecule is Cc1cccccccc(C2CCCCC(C3CCCCCCCCC3)CC(C)C2)c1. The van der Waals surface area contributed by atoms with Gasteiger partial charge in [-0.25, -0.2) is 0 Å². The fourth-order valence-electron chi connectivity index (χ4n) is 6.35. The number of hydrogen-bond donors (Lipinski definition) is 0. The summed E-state index contributed by atoms with van der Waals surface area (Å²) in [4.78, 5) is 0. The second-order valence-corrected chi connectivity index (χ2v) is 10.8. The van der Waals surface area contributed by atoms with Gasteiger partial charge in [0.25, 0.3) is 0 Å². The average molecular weight is 421 g/mol. The van der Waals surface area contributed by atoms with Gasteiger partial charge in [0.2, 0.25) is 0 Å². The van der Waals surface area contributed by atoms with E-state index in [0.717, 1.165) is 17.8 Å². The van der Waals surface area contributed by atoms with Crippen molar-refractivity contribution in [3.8, 4) is 0 Å². The van der Waals surface area contributed by atoms with Gasteiger partial charge in [0.15, 0.2) is 0 Å². The van der Waals surface area contributed by atoms with Gasteiger partial charge in [0, 0.05) is 0 Å². The molecule has 3 atom stereocenters. The van der Waals surface area contributed by atoms with Gasteiger partial charge in [-0.15, -0.1) is 0 Å². The molecule has 0 heteroatoms. The van der Waals surface area contributed by atoms with E-state index in [-0.39, 0.29) is 0 Å². The maximum Gasteiger partial charge on any atom is -0.0159 e. The van der Waals surface area contributed by atoms with Crippen molar-refractivity contribution in [1.29, 1.82) is 0 Å². The van der Waals surface area contributed by atoms with Gasteiger partial charge in [-0.3, -0.25) is 0 Å². The summed E-state index contributed by atoms with van der Waals surface area (Å²) in [6.45, 7) is 4.80. The lowest BCUT2D eigenvalue weighted by molar-refractivity contribution is 0.215. The van der Waals surface area contributed by atoms with Crippen LogP contribution in [0.5, 0.6) is 0 Å². The lowest BCUT2D eigenvalue weighted by Gasteiger charge is -2.30. The molecule has 3 rings (SSSR count). The van der Waals surface area contributed by atoms with E-state index >= 15 is 0 Å². The smallest absolute Gasteiger partial charge is 0.0159 e. The van der Waals surface area contributed by atoms with Crippen LogP contribution in [0.25, 0.3) is 0 Å². The Morgan fingerprint density at radius 3 is 1.87 bits per heavy atom.